The number of hydrogen-bond acceptors (Lipinski definition) is 6. The minimum Gasteiger partial charge on any atom is -0.495 e. The van der Waals surface area contributed by atoms with Crippen LogP contribution in [-0.4, -0.2) is 55.1 Å². The molecule has 176 valence electrons. The molecule has 3 rings (SSSR count). The van der Waals surface area contributed by atoms with E-state index in [-0.39, 0.29) is 30.2 Å². The first-order chi connectivity index (χ1) is 15.9. The summed E-state index contributed by atoms with van der Waals surface area (Å²) >= 11 is 0. The number of piperidine rings is 1. The molecule has 0 radical (unpaired) electrons. The van der Waals surface area contributed by atoms with Crippen molar-refractivity contribution in [3.05, 3.63) is 54.1 Å². The van der Waals surface area contributed by atoms with Crippen LogP contribution >= 0.6 is 0 Å². The molecule has 2 aromatic rings. The van der Waals surface area contributed by atoms with E-state index in [1.54, 1.807) is 36.4 Å². The molecule has 1 aliphatic rings. The maximum Gasteiger partial charge on any atom is 0.338 e. The third-order valence-corrected chi connectivity index (χ3v) is 5.65. The summed E-state index contributed by atoms with van der Waals surface area (Å²) in [4.78, 5) is 38.8. The van der Waals surface area contributed by atoms with Crippen LogP contribution in [0.25, 0.3) is 0 Å². The smallest absolute Gasteiger partial charge is 0.338 e. The highest BCUT2D eigenvalue weighted by atomic mass is 16.5. The van der Waals surface area contributed by atoms with Crippen molar-refractivity contribution in [2.75, 3.05) is 25.6 Å². The first-order valence-corrected chi connectivity index (χ1v) is 11.0. The average Bonchev–Trinajstić information content (AvgIpc) is 2.82. The molecular weight excluding hydrogens is 424 g/mol. The normalized spacial score (nSPS) is 17.7. The molecule has 0 spiro atoms. The molecule has 1 heterocycles. The monoisotopic (exact) mass is 454 g/mol. The summed E-state index contributed by atoms with van der Waals surface area (Å²) < 4.78 is 15.9. The summed E-state index contributed by atoms with van der Waals surface area (Å²) in [6.45, 7) is 3.63. The summed E-state index contributed by atoms with van der Waals surface area (Å²) in [5, 5.41) is 2.64. The third-order valence-electron chi connectivity index (χ3n) is 5.65. The van der Waals surface area contributed by atoms with Crippen LogP contribution < -0.4 is 14.8 Å². The Balaban J connectivity index is 1.46. The predicted molar refractivity (Wildman–Crippen MR) is 123 cm³/mol. The van der Waals surface area contributed by atoms with E-state index in [0.29, 0.717) is 17.2 Å². The van der Waals surface area contributed by atoms with Crippen LogP contribution in [0, 0.1) is 0 Å². The van der Waals surface area contributed by atoms with Gasteiger partial charge in [-0.3, -0.25) is 9.59 Å². The van der Waals surface area contributed by atoms with Gasteiger partial charge in [0.05, 0.1) is 18.4 Å². The molecule has 2 aromatic carbocycles. The number of hydrogen-bond donors (Lipinski definition) is 1. The van der Waals surface area contributed by atoms with Gasteiger partial charge in [-0.1, -0.05) is 12.1 Å². The Morgan fingerprint density at radius 3 is 2.30 bits per heavy atom. The Morgan fingerprint density at radius 1 is 0.970 bits per heavy atom. The zero-order chi connectivity index (χ0) is 23.8. The number of nitrogens with zero attached hydrogens (tertiary/aromatic N) is 1. The highest BCUT2D eigenvalue weighted by Gasteiger charge is 2.29. The van der Waals surface area contributed by atoms with Crippen LogP contribution in [0.5, 0.6) is 11.5 Å². The number of anilines is 1. The number of para-hydroxylation sites is 2. The van der Waals surface area contributed by atoms with E-state index in [2.05, 4.69) is 19.2 Å². The van der Waals surface area contributed by atoms with Gasteiger partial charge in [0.25, 0.3) is 11.8 Å². The van der Waals surface area contributed by atoms with Crippen molar-refractivity contribution in [3.8, 4) is 11.5 Å². The Kier molecular flexibility index (Phi) is 8.29. The topological polar surface area (TPSA) is 94.2 Å². The number of rotatable bonds is 8. The van der Waals surface area contributed by atoms with Gasteiger partial charge < -0.3 is 24.4 Å². The predicted octanol–water partition coefficient (Wildman–Crippen LogP) is 3.66. The van der Waals surface area contributed by atoms with Gasteiger partial charge >= 0.3 is 5.97 Å². The second-order valence-electron chi connectivity index (χ2n) is 8.07. The maximum absolute atomic E-state index is 12.6. The van der Waals surface area contributed by atoms with E-state index in [1.807, 2.05) is 4.90 Å². The number of ether oxygens (including phenoxy) is 3. The largest absolute Gasteiger partial charge is 0.495 e. The molecule has 2 amide bonds. The number of esters is 1. The van der Waals surface area contributed by atoms with Crippen molar-refractivity contribution in [1.82, 2.24) is 4.90 Å². The van der Waals surface area contributed by atoms with Crippen molar-refractivity contribution >= 4 is 23.5 Å². The first kappa shape index (κ1) is 24.1. The molecule has 1 N–H and O–H groups in total. The Morgan fingerprint density at radius 2 is 1.64 bits per heavy atom. The molecule has 8 nitrogen and oxygen atoms in total. The fraction of sp³-hybridized carbons (Fsp3) is 0.400. The van der Waals surface area contributed by atoms with E-state index in [9.17, 15) is 14.4 Å². The van der Waals surface area contributed by atoms with E-state index < -0.39 is 18.5 Å². The molecule has 1 saturated heterocycles. The maximum atomic E-state index is 12.6. The van der Waals surface area contributed by atoms with Gasteiger partial charge in [0.15, 0.2) is 13.2 Å². The van der Waals surface area contributed by atoms with Crippen LogP contribution in [0.1, 0.15) is 43.5 Å². The van der Waals surface area contributed by atoms with Crippen LogP contribution in [0.3, 0.4) is 0 Å². The van der Waals surface area contributed by atoms with Gasteiger partial charge in [0.1, 0.15) is 11.5 Å². The van der Waals surface area contributed by atoms with Crippen LogP contribution in [0.2, 0.25) is 0 Å². The number of carbonyl (C=O) groups excluding carboxylic acids is 3. The van der Waals surface area contributed by atoms with Crippen LogP contribution in [0.4, 0.5) is 5.69 Å². The van der Waals surface area contributed by atoms with Gasteiger partial charge in [-0.25, -0.2) is 4.79 Å². The SMILES string of the molecule is COc1ccccc1NC(=O)COC(=O)c1ccc(OCC(=O)N2C(C)CCCC2C)cc1. The standard InChI is InChI=1S/C25H30N2O6/c1-17-7-6-8-18(2)27(17)24(29)16-32-20-13-11-19(12-14-20)25(30)33-15-23(28)26-21-9-4-5-10-22(21)31-3/h4-5,9-14,17-18H,6-8,15-16H2,1-3H3,(H,26,28). The number of amides is 2. The second-order valence-corrected chi connectivity index (χ2v) is 8.07. The van der Waals surface area contributed by atoms with E-state index in [4.69, 9.17) is 14.2 Å². The molecule has 2 unspecified atom stereocenters. The minimum absolute atomic E-state index is 0.0424. The molecule has 0 aliphatic carbocycles. The summed E-state index contributed by atoms with van der Waals surface area (Å²) in [5.41, 5.74) is 0.766. The first-order valence-electron chi connectivity index (χ1n) is 11.0. The molecule has 1 aliphatic heterocycles. The Hall–Kier alpha value is -3.55. The summed E-state index contributed by atoms with van der Waals surface area (Å²) in [5.74, 6) is -0.169. The third kappa shape index (κ3) is 6.47. The molecule has 8 heteroatoms. The lowest BCUT2D eigenvalue weighted by atomic mass is 9.97. The van der Waals surface area contributed by atoms with E-state index >= 15 is 0 Å². The van der Waals surface area contributed by atoms with Gasteiger partial charge in [0.2, 0.25) is 0 Å². The average molecular weight is 455 g/mol. The lowest BCUT2D eigenvalue weighted by molar-refractivity contribution is -0.139. The molecule has 33 heavy (non-hydrogen) atoms. The Bertz CT molecular complexity index is 965. The molecule has 2 atom stereocenters. The summed E-state index contributed by atoms with van der Waals surface area (Å²) in [6.07, 6.45) is 3.14. The number of carbonyl (C=O) groups is 3. The van der Waals surface area contributed by atoms with Crippen molar-refractivity contribution in [2.24, 2.45) is 0 Å². The fourth-order valence-electron chi connectivity index (χ4n) is 3.97. The van der Waals surface area contributed by atoms with Crippen molar-refractivity contribution in [2.45, 2.75) is 45.2 Å². The number of benzene rings is 2. The van der Waals surface area contributed by atoms with Crippen molar-refractivity contribution in [1.29, 1.82) is 0 Å². The highest BCUT2D eigenvalue weighted by molar-refractivity contribution is 5.96. The minimum atomic E-state index is -0.635. The van der Waals surface area contributed by atoms with Gasteiger partial charge in [0, 0.05) is 12.1 Å². The van der Waals surface area contributed by atoms with E-state index in [1.165, 1.54) is 19.2 Å². The molecule has 0 bridgehead atoms. The number of methoxy groups -OCH3 is 1. The van der Waals surface area contributed by atoms with Crippen LogP contribution in [-0.2, 0) is 14.3 Å². The van der Waals surface area contributed by atoms with Gasteiger partial charge in [-0.2, -0.15) is 0 Å². The number of nitrogens with one attached hydrogen (secondary N) is 1. The van der Waals surface area contributed by atoms with Crippen molar-refractivity contribution in [3.63, 3.8) is 0 Å². The lowest BCUT2D eigenvalue weighted by Gasteiger charge is -2.38. The molecule has 0 saturated carbocycles. The second kappa shape index (κ2) is 11.4. The molecular formula is C25H30N2O6. The zero-order valence-electron chi connectivity index (χ0n) is 19.2. The van der Waals surface area contributed by atoms with E-state index in [0.717, 1.165) is 19.3 Å². The van der Waals surface area contributed by atoms with Gasteiger partial charge in [-0.15, -0.1) is 0 Å². The Labute approximate surface area is 193 Å². The van der Waals surface area contributed by atoms with Gasteiger partial charge in [-0.05, 0) is 69.5 Å². The molecule has 1 fully saturated rings. The number of likely N-dealkylation sites (tertiary alicyclic amines) is 1. The fourth-order valence-corrected chi connectivity index (χ4v) is 3.97. The van der Waals surface area contributed by atoms with Crippen molar-refractivity contribution < 1.29 is 28.6 Å². The molecule has 0 aromatic heterocycles. The quantitative estimate of drug-likeness (QED) is 0.612. The van der Waals surface area contributed by atoms with Crippen LogP contribution in [0.15, 0.2) is 48.5 Å². The summed E-state index contributed by atoms with van der Waals surface area (Å²) in [6, 6.07) is 13.6. The zero-order valence-corrected chi connectivity index (χ0v) is 19.2. The summed E-state index contributed by atoms with van der Waals surface area (Å²) in [7, 11) is 1.50. The highest BCUT2D eigenvalue weighted by Crippen LogP contribution is 2.24. The lowest BCUT2D eigenvalue weighted by Crippen LogP contribution is -2.49.